The fraction of sp³-hybridized carbons (Fsp3) is 0.786. The van der Waals surface area contributed by atoms with Gasteiger partial charge in [0, 0.05) is 30.9 Å². The maximum absolute atomic E-state index is 4.67. The molecule has 1 aromatic rings. The molecule has 1 saturated heterocycles. The first-order valence-electron chi connectivity index (χ1n) is 7.12. The number of nitrogens with one attached hydrogen (secondary N) is 1. The lowest BCUT2D eigenvalue weighted by atomic mass is 9.98. The van der Waals surface area contributed by atoms with E-state index >= 15 is 0 Å². The third-order valence-corrected chi connectivity index (χ3v) is 4.33. The molecule has 2 unspecified atom stereocenters. The summed E-state index contributed by atoms with van der Waals surface area (Å²) in [5, 5.41) is 3.62. The molecule has 94 valence electrons. The molecule has 0 saturated carbocycles. The van der Waals surface area contributed by atoms with Gasteiger partial charge in [-0.3, -0.25) is 0 Å². The van der Waals surface area contributed by atoms with E-state index in [0.717, 1.165) is 6.42 Å². The van der Waals surface area contributed by atoms with E-state index in [4.69, 9.17) is 0 Å². The highest BCUT2D eigenvalue weighted by Crippen LogP contribution is 2.28. The second-order valence-corrected chi connectivity index (χ2v) is 5.65. The average Bonchev–Trinajstić information content (AvgIpc) is 2.76. The third-order valence-electron chi connectivity index (χ3n) is 4.33. The Kier molecular flexibility index (Phi) is 3.19. The number of imidazole rings is 1. The van der Waals surface area contributed by atoms with E-state index in [-0.39, 0.29) is 0 Å². The van der Waals surface area contributed by atoms with Gasteiger partial charge in [0.25, 0.3) is 0 Å². The number of nitrogens with zero attached hydrogens (tertiary/aromatic N) is 2. The van der Waals surface area contributed by atoms with Gasteiger partial charge >= 0.3 is 0 Å². The molecule has 17 heavy (non-hydrogen) atoms. The normalized spacial score (nSPS) is 29.0. The Morgan fingerprint density at radius 3 is 3.12 bits per heavy atom. The van der Waals surface area contributed by atoms with Gasteiger partial charge in [-0.25, -0.2) is 4.98 Å². The molecule has 0 aliphatic carbocycles. The van der Waals surface area contributed by atoms with Crippen molar-refractivity contribution < 1.29 is 0 Å². The summed E-state index contributed by atoms with van der Waals surface area (Å²) in [5.74, 6) is 2.01. The molecule has 3 heteroatoms. The first kappa shape index (κ1) is 11.3. The van der Waals surface area contributed by atoms with E-state index in [0.29, 0.717) is 12.0 Å². The van der Waals surface area contributed by atoms with Crippen LogP contribution in [0.2, 0.25) is 0 Å². The standard InChI is InChI=1S/C14H23N3/c1-11-5-4-8-17-13(11)10-16-14(17)9-12-6-2-3-7-15-12/h10-12,15H,2-9H2,1H3. The van der Waals surface area contributed by atoms with E-state index in [9.17, 15) is 0 Å². The van der Waals surface area contributed by atoms with Crippen LogP contribution in [-0.2, 0) is 13.0 Å². The topological polar surface area (TPSA) is 29.9 Å². The van der Waals surface area contributed by atoms with Gasteiger partial charge in [0.05, 0.1) is 0 Å². The Labute approximate surface area is 104 Å². The van der Waals surface area contributed by atoms with Crippen LogP contribution in [-0.4, -0.2) is 22.1 Å². The summed E-state index contributed by atoms with van der Waals surface area (Å²) in [6.45, 7) is 4.70. The molecule has 2 aliphatic heterocycles. The third kappa shape index (κ3) is 2.25. The van der Waals surface area contributed by atoms with Gasteiger partial charge < -0.3 is 9.88 Å². The summed E-state index contributed by atoms with van der Waals surface area (Å²) in [7, 11) is 0. The maximum atomic E-state index is 4.67. The molecule has 2 aliphatic rings. The van der Waals surface area contributed by atoms with Crippen LogP contribution in [0.25, 0.3) is 0 Å². The smallest absolute Gasteiger partial charge is 0.110 e. The lowest BCUT2D eigenvalue weighted by Gasteiger charge is -2.26. The summed E-state index contributed by atoms with van der Waals surface area (Å²) < 4.78 is 2.48. The second-order valence-electron chi connectivity index (χ2n) is 5.65. The fourth-order valence-electron chi connectivity index (χ4n) is 3.27. The van der Waals surface area contributed by atoms with E-state index in [1.54, 1.807) is 0 Å². The summed E-state index contributed by atoms with van der Waals surface area (Å²) in [6, 6.07) is 0.660. The van der Waals surface area contributed by atoms with Crippen molar-refractivity contribution in [1.29, 1.82) is 0 Å². The maximum Gasteiger partial charge on any atom is 0.110 e. The van der Waals surface area contributed by atoms with E-state index in [1.165, 1.54) is 56.7 Å². The number of rotatable bonds is 2. The number of aromatic nitrogens is 2. The van der Waals surface area contributed by atoms with E-state index in [2.05, 4.69) is 28.0 Å². The molecule has 0 spiro atoms. The highest BCUT2D eigenvalue weighted by Gasteiger charge is 2.22. The molecule has 0 aromatic carbocycles. The summed E-state index contributed by atoms with van der Waals surface area (Å²) >= 11 is 0. The van der Waals surface area contributed by atoms with Crippen LogP contribution in [0.15, 0.2) is 6.20 Å². The van der Waals surface area contributed by atoms with Crippen LogP contribution in [0, 0.1) is 0 Å². The predicted molar refractivity (Wildman–Crippen MR) is 69.2 cm³/mol. The zero-order chi connectivity index (χ0) is 11.7. The van der Waals surface area contributed by atoms with Gasteiger partial charge in [0.2, 0.25) is 0 Å². The molecule has 3 nitrogen and oxygen atoms in total. The summed E-state index contributed by atoms with van der Waals surface area (Å²) in [5.41, 5.74) is 1.46. The summed E-state index contributed by atoms with van der Waals surface area (Å²) in [6.07, 6.45) is 9.91. The molecule has 1 fully saturated rings. The Balaban J connectivity index is 1.74. The van der Waals surface area contributed by atoms with Crippen molar-refractivity contribution in [2.45, 2.75) is 64.0 Å². The number of fused-ring (bicyclic) bond motifs is 1. The second kappa shape index (κ2) is 4.81. The van der Waals surface area contributed by atoms with Gasteiger partial charge in [-0.1, -0.05) is 13.3 Å². The molecule has 2 atom stereocenters. The Morgan fingerprint density at radius 1 is 1.35 bits per heavy atom. The number of hydrogen-bond acceptors (Lipinski definition) is 2. The van der Waals surface area contributed by atoms with Gasteiger partial charge in [-0.2, -0.15) is 0 Å². The molecule has 0 radical (unpaired) electrons. The average molecular weight is 233 g/mol. The lowest BCUT2D eigenvalue weighted by molar-refractivity contribution is 0.382. The molecule has 3 rings (SSSR count). The van der Waals surface area contributed by atoms with Crippen molar-refractivity contribution >= 4 is 0 Å². The Morgan fingerprint density at radius 2 is 2.29 bits per heavy atom. The first-order chi connectivity index (χ1) is 8.34. The molecule has 1 N–H and O–H groups in total. The molecule has 0 bridgehead atoms. The minimum atomic E-state index is 0.660. The lowest BCUT2D eigenvalue weighted by Crippen LogP contribution is -2.36. The fourth-order valence-corrected chi connectivity index (χ4v) is 3.27. The van der Waals surface area contributed by atoms with Crippen LogP contribution in [0.5, 0.6) is 0 Å². The summed E-state index contributed by atoms with van der Waals surface area (Å²) in [4.78, 5) is 4.67. The van der Waals surface area contributed by atoms with Crippen LogP contribution < -0.4 is 5.32 Å². The van der Waals surface area contributed by atoms with Crippen LogP contribution in [0.3, 0.4) is 0 Å². The Hall–Kier alpha value is -0.830. The molecular formula is C14H23N3. The zero-order valence-corrected chi connectivity index (χ0v) is 10.8. The van der Waals surface area contributed by atoms with Gasteiger partial charge in [-0.15, -0.1) is 0 Å². The van der Waals surface area contributed by atoms with Crippen molar-refractivity contribution in [3.8, 4) is 0 Å². The predicted octanol–water partition coefficient (Wildman–Crippen LogP) is 2.46. The van der Waals surface area contributed by atoms with Gasteiger partial charge in [0.15, 0.2) is 0 Å². The molecule has 3 heterocycles. The number of piperidine rings is 1. The Bertz CT molecular complexity index is 377. The quantitative estimate of drug-likeness (QED) is 0.850. The van der Waals surface area contributed by atoms with Crippen molar-refractivity contribution in [1.82, 2.24) is 14.9 Å². The first-order valence-corrected chi connectivity index (χ1v) is 7.12. The highest BCUT2D eigenvalue weighted by molar-refractivity contribution is 5.13. The monoisotopic (exact) mass is 233 g/mol. The zero-order valence-electron chi connectivity index (χ0n) is 10.8. The van der Waals surface area contributed by atoms with Gasteiger partial charge in [0.1, 0.15) is 5.82 Å². The highest BCUT2D eigenvalue weighted by atomic mass is 15.1. The molecular weight excluding hydrogens is 210 g/mol. The van der Waals surface area contributed by atoms with E-state index in [1.807, 2.05) is 0 Å². The molecule has 0 amide bonds. The van der Waals surface area contributed by atoms with Crippen molar-refractivity contribution in [2.24, 2.45) is 0 Å². The van der Waals surface area contributed by atoms with Crippen molar-refractivity contribution in [3.05, 3.63) is 17.7 Å². The van der Waals surface area contributed by atoms with Crippen molar-refractivity contribution in [3.63, 3.8) is 0 Å². The van der Waals surface area contributed by atoms with Crippen molar-refractivity contribution in [2.75, 3.05) is 6.54 Å². The number of hydrogen-bond donors (Lipinski definition) is 1. The molecule has 1 aromatic heterocycles. The largest absolute Gasteiger partial charge is 0.332 e. The van der Waals surface area contributed by atoms with Crippen LogP contribution in [0.1, 0.15) is 56.5 Å². The van der Waals surface area contributed by atoms with Crippen LogP contribution in [0.4, 0.5) is 0 Å². The minimum absolute atomic E-state index is 0.660. The van der Waals surface area contributed by atoms with Crippen LogP contribution >= 0.6 is 0 Å². The SMILES string of the molecule is CC1CCCn2c1cnc2CC1CCCCN1. The minimum Gasteiger partial charge on any atom is -0.332 e. The van der Waals surface area contributed by atoms with E-state index < -0.39 is 0 Å². The van der Waals surface area contributed by atoms with Gasteiger partial charge in [-0.05, 0) is 38.1 Å².